The van der Waals surface area contributed by atoms with Gasteiger partial charge in [-0.1, -0.05) is 6.07 Å². The first-order chi connectivity index (χ1) is 8.70. The van der Waals surface area contributed by atoms with Crippen LogP contribution in [0.4, 0.5) is 10.3 Å². The number of hydrogen-bond acceptors (Lipinski definition) is 4. The first-order valence-corrected chi connectivity index (χ1v) is 5.53. The summed E-state index contributed by atoms with van der Waals surface area (Å²) in [7, 11) is 0. The van der Waals surface area contributed by atoms with Crippen molar-refractivity contribution < 1.29 is 4.39 Å². The van der Waals surface area contributed by atoms with Crippen LogP contribution in [0.5, 0.6) is 0 Å². The number of nitrogens with two attached hydrogens (primary N) is 1. The van der Waals surface area contributed by atoms with E-state index in [9.17, 15) is 4.39 Å². The lowest BCUT2D eigenvalue weighted by molar-refractivity contribution is 0.637. The molecule has 0 atom stereocenters. The number of aromatic nitrogens is 5. The number of nitrogens with one attached hydrogen (secondary N) is 1. The molecule has 0 aliphatic rings. The van der Waals surface area contributed by atoms with Crippen LogP contribution in [0.3, 0.4) is 0 Å². The van der Waals surface area contributed by atoms with Crippen molar-refractivity contribution >= 4 is 17.0 Å². The second kappa shape index (κ2) is 3.80. The molecule has 0 aliphatic carbocycles. The van der Waals surface area contributed by atoms with Crippen LogP contribution in [0.15, 0.2) is 18.2 Å². The molecule has 0 amide bonds. The van der Waals surface area contributed by atoms with Crippen molar-refractivity contribution in [1.82, 2.24) is 24.7 Å². The number of H-pyrrole nitrogens is 1. The van der Waals surface area contributed by atoms with Crippen molar-refractivity contribution in [1.29, 1.82) is 0 Å². The second-order valence-corrected chi connectivity index (χ2v) is 3.83. The van der Waals surface area contributed by atoms with Gasteiger partial charge in [0, 0.05) is 6.54 Å². The number of rotatable bonds is 2. The first kappa shape index (κ1) is 10.7. The van der Waals surface area contributed by atoms with Gasteiger partial charge in [-0.15, -0.1) is 5.10 Å². The molecule has 0 radical (unpaired) electrons. The van der Waals surface area contributed by atoms with Crippen LogP contribution in [0.1, 0.15) is 6.92 Å². The summed E-state index contributed by atoms with van der Waals surface area (Å²) in [5.74, 6) is 0.750. The summed E-state index contributed by atoms with van der Waals surface area (Å²) in [6.45, 7) is 2.60. The van der Waals surface area contributed by atoms with E-state index in [0.29, 0.717) is 23.7 Å². The van der Waals surface area contributed by atoms with Gasteiger partial charge in [0.05, 0.1) is 5.52 Å². The Morgan fingerprint density at radius 3 is 2.89 bits per heavy atom. The zero-order chi connectivity index (χ0) is 12.7. The molecule has 0 spiro atoms. The molecule has 6 nitrogen and oxygen atoms in total. The maximum Gasteiger partial charge on any atom is 0.239 e. The van der Waals surface area contributed by atoms with E-state index in [0.717, 1.165) is 5.52 Å². The Balaban J connectivity index is 2.32. The van der Waals surface area contributed by atoms with Gasteiger partial charge >= 0.3 is 0 Å². The number of aromatic amines is 1. The Morgan fingerprint density at radius 2 is 2.22 bits per heavy atom. The number of fused-ring (bicyclic) bond motifs is 1. The quantitative estimate of drug-likeness (QED) is 0.718. The predicted molar refractivity (Wildman–Crippen MR) is 65.2 cm³/mol. The maximum absolute atomic E-state index is 13.7. The molecule has 2 heterocycles. The lowest BCUT2D eigenvalue weighted by Crippen LogP contribution is -1.98. The Bertz CT molecular complexity index is 713. The average Bonchev–Trinajstić information content (AvgIpc) is 2.93. The third kappa shape index (κ3) is 1.44. The first-order valence-electron chi connectivity index (χ1n) is 5.53. The molecule has 18 heavy (non-hydrogen) atoms. The average molecular weight is 246 g/mol. The Morgan fingerprint density at radius 1 is 1.39 bits per heavy atom. The number of nitrogen functional groups attached to an aromatic ring is 1. The summed E-state index contributed by atoms with van der Waals surface area (Å²) in [5, 5.41) is 6.44. The highest BCUT2D eigenvalue weighted by Gasteiger charge is 2.16. The van der Waals surface area contributed by atoms with E-state index in [4.69, 9.17) is 5.73 Å². The largest absolute Gasteiger partial charge is 0.366 e. The molecule has 0 aliphatic heterocycles. The molecule has 3 N–H and O–H groups in total. The van der Waals surface area contributed by atoms with E-state index in [2.05, 4.69) is 20.2 Å². The monoisotopic (exact) mass is 246 g/mol. The van der Waals surface area contributed by atoms with Crippen LogP contribution >= 0.6 is 0 Å². The Kier molecular flexibility index (Phi) is 2.26. The van der Waals surface area contributed by atoms with E-state index >= 15 is 0 Å². The van der Waals surface area contributed by atoms with Crippen LogP contribution in [-0.2, 0) is 6.54 Å². The van der Waals surface area contributed by atoms with Crippen LogP contribution in [0.2, 0.25) is 0 Å². The molecule has 0 bridgehead atoms. The van der Waals surface area contributed by atoms with E-state index in [1.165, 1.54) is 6.07 Å². The molecular weight excluding hydrogens is 235 g/mol. The van der Waals surface area contributed by atoms with Crippen LogP contribution < -0.4 is 5.73 Å². The number of halogens is 1. The molecule has 1 aromatic carbocycles. The van der Waals surface area contributed by atoms with Gasteiger partial charge in [-0.2, -0.15) is 4.98 Å². The van der Waals surface area contributed by atoms with Crippen LogP contribution in [0.25, 0.3) is 22.7 Å². The van der Waals surface area contributed by atoms with Gasteiger partial charge < -0.3 is 10.3 Å². The summed E-state index contributed by atoms with van der Waals surface area (Å²) in [4.78, 5) is 8.29. The number of benzene rings is 1. The van der Waals surface area contributed by atoms with Crippen molar-refractivity contribution in [3.8, 4) is 11.6 Å². The topological polar surface area (TPSA) is 85.4 Å². The summed E-state index contributed by atoms with van der Waals surface area (Å²) in [5.41, 5.74) is 6.51. The summed E-state index contributed by atoms with van der Waals surface area (Å²) in [6, 6.07) is 4.86. The lowest BCUT2D eigenvalue weighted by Gasteiger charge is -2.02. The maximum atomic E-state index is 13.7. The molecular formula is C11H11FN6. The van der Waals surface area contributed by atoms with Gasteiger partial charge in [-0.3, -0.25) is 5.10 Å². The minimum Gasteiger partial charge on any atom is -0.366 e. The van der Waals surface area contributed by atoms with Crippen LogP contribution in [0, 0.1) is 5.82 Å². The molecule has 92 valence electrons. The fourth-order valence-electron chi connectivity index (χ4n) is 1.99. The number of imidazole rings is 1. The van der Waals surface area contributed by atoms with Crippen molar-refractivity contribution in [3.63, 3.8) is 0 Å². The molecule has 0 fully saturated rings. The molecule has 3 rings (SSSR count). The second-order valence-electron chi connectivity index (χ2n) is 3.83. The smallest absolute Gasteiger partial charge is 0.239 e. The van der Waals surface area contributed by atoms with Gasteiger partial charge in [0.15, 0.2) is 17.5 Å². The fourth-order valence-corrected chi connectivity index (χ4v) is 1.99. The third-order valence-electron chi connectivity index (χ3n) is 2.76. The van der Waals surface area contributed by atoms with Gasteiger partial charge in [0.2, 0.25) is 5.95 Å². The highest BCUT2D eigenvalue weighted by molar-refractivity contribution is 5.80. The van der Waals surface area contributed by atoms with Gasteiger partial charge in [0.25, 0.3) is 0 Å². The summed E-state index contributed by atoms with van der Waals surface area (Å²) < 4.78 is 15.5. The molecule has 0 unspecified atom stereocenters. The molecule has 0 saturated heterocycles. The SMILES string of the molecule is CCn1c(-c2nc(N)n[nH]2)nc2c(F)cccc21. The van der Waals surface area contributed by atoms with E-state index < -0.39 is 0 Å². The lowest BCUT2D eigenvalue weighted by atomic mass is 10.3. The van der Waals surface area contributed by atoms with Gasteiger partial charge in [-0.05, 0) is 19.1 Å². The predicted octanol–water partition coefficient (Wildman–Crippen LogP) is 1.56. The number of anilines is 1. The Labute approximate surface area is 102 Å². The minimum absolute atomic E-state index is 0.139. The van der Waals surface area contributed by atoms with Crippen LogP contribution in [-0.4, -0.2) is 24.7 Å². The zero-order valence-electron chi connectivity index (χ0n) is 9.68. The summed E-state index contributed by atoms with van der Waals surface area (Å²) in [6.07, 6.45) is 0. The number of hydrogen-bond donors (Lipinski definition) is 2. The van der Waals surface area contributed by atoms with Crippen molar-refractivity contribution in [2.75, 3.05) is 5.73 Å². The van der Waals surface area contributed by atoms with Crippen molar-refractivity contribution in [3.05, 3.63) is 24.0 Å². The third-order valence-corrected chi connectivity index (χ3v) is 2.76. The van der Waals surface area contributed by atoms with Crippen molar-refractivity contribution in [2.24, 2.45) is 0 Å². The highest BCUT2D eigenvalue weighted by atomic mass is 19.1. The number of nitrogens with zero attached hydrogens (tertiary/aromatic N) is 4. The number of aryl methyl sites for hydroxylation is 1. The van der Waals surface area contributed by atoms with Gasteiger partial charge in [0.1, 0.15) is 5.52 Å². The zero-order valence-corrected chi connectivity index (χ0v) is 9.68. The fraction of sp³-hybridized carbons (Fsp3) is 0.182. The molecule has 7 heteroatoms. The standard InChI is InChI=1S/C11H11FN6/c1-2-18-7-5-3-4-6(12)8(7)14-10(18)9-15-11(13)17-16-9/h3-5H,2H2,1H3,(H3,13,15,16,17). The van der Waals surface area contributed by atoms with Gasteiger partial charge in [-0.25, -0.2) is 9.37 Å². The highest BCUT2D eigenvalue weighted by Crippen LogP contribution is 2.24. The molecule has 2 aromatic heterocycles. The number of para-hydroxylation sites is 1. The van der Waals surface area contributed by atoms with Crippen molar-refractivity contribution in [2.45, 2.75) is 13.5 Å². The van der Waals surface area contributed by atoms with E-state index in [1.54, 1.807) is 6.07 Å². The molecule has 3 aromatic rings. The molecule has 0 saturated carbocycles. The Hall–Kier alpha value is -2.44. The van der Waals surface area contributed by atoms with E-state index in [-0.39, 0.29) is 11.8 Å². The summed E-state index contributed by atoms with van der Waals surface area (Å²) >= 11 is 0. The normalized spacial score (nSPS) is 11.2. The minimum atomic E-state index is -0.353. The van der Waals surface area contributed by atoms with E-state index in [1.807, 2.05) is 17.6 Å².